The first-order valence-corrected chi connectivity index (χ1v) is 6.62. The van der Waals surface area contributed by atoms with Crippen LogP contribution in [0.25, 0.3) is 0 Å². The second-order valence-electron chi connectivity index (χ2n) is 5.13. The molecule has 1 aromatic rings. The van der Waals surface area contributed by atoms with Crippen LogP contribution in [0.15, 0.2) is 24.3 Å². The largest absolute Gasteiger partial charge is 0.330 e. The predicted molar refractivity (Wildman–Crippen MR) is 73.4 cm³/mol. The Morgan fingerprint density at radius 3 is 2.65 bits per heavy atom. The molecule has 1 aliphatic rings. The maximum Gasteiger partial charge on any atom is 0.312 e. The van der Waals surface area contributed by atoms with Gasteiger partial charge in [-0.05, 0) is 31.5 Å². The van der Waals surface area contributed by atoms with Crippen molar-refractivity contribution in [2.75, 3.05) is 13.1 Å². The van der Waals surface area contributed by atoms with Gasteiger partial charge in [0.1, 0.15) is 0 Å². The molecule has 1 aromatic carbocycles. The first kappa shape index (κ1) is 14.1. The first-order chi connectivity index (χ1) is 9.52. The molecule has 0 aromatic heterocycles. The molecule has 1 fully saturated rings. The normalized spacial score (nSPS) is 15.7. The van der Waals surface area contributed by atoms with Crippen LogP contribution in [-0.2, 0) is 16.1 Å². The molecule has 0 unspecified atom stereocenters. The second-order valence-corrected chi connectivity index (χ2v) is 5.13. The summed E-state index contributed by atoms with van der Waals surface area (Å²) < 4.78 is 0. The molecule has 2 rings (SSSR count). The van der Waals surface area contributed by atoms with E-state index in [-0.39, 0.29) is 6.04 Å². The van der Waals surface area contributed by atoms with Crippen LogP contribution in [0.3, 0.4) is 0 Å². The van der Waals surface area contributed by atoms with E-state index >= 15 is 0 Å². The SMILES string of the molecule is CC(C)N1CCN(Cc2cccc(C#N)c2)C(=O)C1=O. The van der Waals surface area contributed by atoms with E-state index in [1.165, 1.54) is 4.90 Å². The summed E-state index contributed by atoms with van der Waals surface area (Å²) in [4.78, 5) is 27.2. The summed E-state index contributed by atoms with van der Waals surface area (Å²) in [6.07, 6.45) is 0. The molecule has 0 bridgehead atoms. The Balaban J connectivity index is 2.10. The molecular formula is C15H17N3O2. The minimum atomic E-state index is -0.465. The average Bonchev–Trinajstić information content (AvgIpc) is 2.44. The summed E-state index contributed by atoms with van der Waals surface area (Å²) in [5, 5.41) is 8.87. The highest BCUT2D eigenvalue weighted by molar-refractivity contribution is 6.35. The summed E-state index contributed by atoms with van der Waals surface area (Å²) in [7, 11) is 0. The van der Waals surface area contributed by atoms with Crippen molar-refractivity contribution < 1.29 is 9.59 Å². The van der Waals surface area contributed by atoms with Crippen molar-refractivity contribution in [2.24, 2.45) is 0 Å². The lowest BCUT2D eigenvalue weighted by Crippen LogP contribution is -2.55. The quantitative estimate of drug-likeness (QED) is 0.774. The van der Waals surface area contributed by atoms with Gasteiger partial charge >= 0.3 is 11.8 Å². The third kappa shape index (κ3) is 2.80. The van der Waals surface area contributed by atoms with Gasteiger partial charge < -0.3 is 9.80 Å². The zero-order chi connectivity index (χ0) is 14.7. The molecule has 5 heteroatoms. The topological polar surface area (TPSA) is 64.4 Å². The van der Waals surface area contributed by atoms with Gasteiger partial charge in [0, 0.05) is 25.7 Å². The molecule has 5 nitrogen and oxygen atoms in total. The van der Waals surface area contributed by atoms with Crippen LogP contribution in [-0.4, -0.2) is 40.7 Å². The van der Waals surface area contributed by atoms with Crippen LogP contribution in [0.4, 0.5) is 0 Å². The summed E-state index contributed by atoms with van der Waals surface area (Å²) in [5.41, 5.74) is 1.42. The number of hydrogen-bond acceptors (Lipinski definition) is 3. The van der Waals surface area contributed by atoms with Crippen molar-refractivity contribution in [3.63, 3.8) is 0 Å². The van der Waals surface area contributed by atoms with E-state index in [9.17, 15) is 9.59 Å². The minimum absolute atomic E-state index is 0.0375. The summed E-state index contributed by atoms with van der Waals surface area (Å²) in [6.45, 7) is 5.25. The fourth-order valence-corrected chi connectivity index (χ4v) is 2.29. The molecule has 1 saturated heterocycles. The standard InChI is InChI=1S/C15H17N3O2/c1-11(2)18-7-6-17(14(19)15(18)20)10-13-5-3-4-12(8-13)9-16/h3-5,8,11H,6-7,10H2,1-2H3. The van der Waals surface area contributed by atoms with Crippen molar-refractivity contribution >= 4 is 11.8 Å². The molecular weight excluding hydrogens is 254 g/mol. The lowest BCUT2D eigenvalue weighted by Gasteiger charge is -2.36. The second kappa shape index (κ2) is 5.74. The number of nitriles is 1. The van der Waals surface area contributed by atoms with Gasteiger partial charge in [0.2, 0.25) is 0 Å². The summed E-state index contributed by atoms with van der Waals surface area (Å²) in [5.74, 6) is -0.907. The minimum Gasteiger partial charge on any atom is -0.330 e. The molecule has 0 radical (unpaired) electrons. The van der Waals surface area contributed by atoms with Gasteiger partial charge in [-0.1, -0.05) is 12.1 Å². The molecule has 0 N–H and O–H groups in total. The van der Waals surface area contributed by atoms with E-state index < -0.39 is 11.8 Å². The Morgan fingerprint density at radius 2 is 2.00 bits per heavy atom. The fraction of sp³-hybridized carbons (Fsp3) is 0.400. The van der Waals surface area contributed by atoms with E-state index in [1.54, 1.807) is 23.1 Å². The van der Waals surface area contributed by atoms with Gasteiger partial charge in [0.25, 0.3) is 0 Å². The Labute approximate surface area is 118 Å². The lowest BCUT2D eigenvalue weighted by molar-refractivity contribution is -0.157. The van der Waals surface area contributed by atoms with Crippen molar-refractivity contribution in [3.05, 3.63) is 35.4 Å². The van der Waals surface area contributed by atoms with Gasteiger partial charge in [-0.3, -0.25) is 9.59 Å². The van der Waals surface area contributed by atoms with Gasteiger partial charge in [-0.15, -0.1) is 0 Å². The molecule has 1 aliphatic heterocycles. The van der Waals surface area contributed by atoms with Crippen LogP contribution in [0.5, 0.6) is 0 Å². The van der Waals surface area contributed by atoms with E-state index in [1.807, 2.05) is 19.9 Å². The van der Waals surface area contributed by atoms with Crippen molar-refractivity contribution in [1.82, 2.24) is 9.80 Å². The molecule has 0 atom stereocenters. The Morgan fingerprint density at radius 1 is 1.25 bits per heavy atom. The number of benzene rings is 1. The molecule has 20 heavy (non-hydrogen) atoms. The van der Waals surface area contributed by atoms with Gasteiger partial charge in [-0.2, -0.15) is 5.26 Å². The fourth-order valence-electron chi connectivity index (χ4n) is 2.29. The van der Waals surface area contributed by atoms with E-state index in [2.05, 4.69) is 6.07 Å². The number of nitrogens with zero attached hydrogens (tertiary/aromatic N) is 3. The highest BCUT2D eigenvalue weighted by atomic mass is 16.2. The van der Waals surface area contributed by atoms with Gasteiger partial charge in [0.15, 0.2) is 0 Å². The molecule has 1 heterocycles. The number of carbonyl (C=O) groups excluding carboxylic acids is 2. The Kier molecular flexibility index (Phi) is 4.04. The maximum atomic E-state index is 12.1. The van der Waals surface area contributed by atoms with Crippen molar-refractivity contribution in [3.8, 4) is 6.07 Å². The first-order valence-electron chi connectivity index (χ1n) is 6.62. The third-order valence-corrected chi connectivity index (χ3v) is 3.39. The smallest absolute Gasteiger partial charge is 0.312 e. The summed E-state index contributed by atoms with van der Waals surface area (Å²) in [6, 6.07) is 9.20. The molecule has 104 valence electrons. The van der Waals surface area contributed by atoms with E-state index in [0.29, 0.717) is 25.2 Å². The van der Waals surface area contributed by atoms with Crippen LogP contribution < -0.4 is 0 Å². The number of rotatable bonds is 3. The van der Waals surface area contributed by atoms with Crippen LogP contribution in [0.1, 0.15) is 25.0 Å². The number of carbonyl (C=O) groups is 2. The number of hydrogen-bond donors (Lipinski definition) is 0. The van der Waals surface area contributed by atoms with Crippen LogP contribution in [0.2, 0.25) is 0 Å². The maximum absolute atomic E-state index is 12.1. The lowest BCUT2D eigenvalue weighted by atomic mass is 10.1. The highest BCUT2D eigenvalue weighted by Crippen LogP contribution is 2.13. The predicted octanol–water partition coefficient (Wildman–Crippen LogP) is 1.14. The molecule has 0 aliphatic carbocycles. The molecule has 0 saturated carbocycles. The van der Waals surface area contributed by atoms with E-state index in [4.69, 9.17) is 5.26 Å². The van der Waals surface area contributed by atoms with Crippen LogP contribution in [0, 0.1) is 11.3 Å². The van der Waals surface area contributed by atoms with E-state index in [0.717, 1.165) is 5.56 Å². The van der Waals surface area contributed by atoms with Crippen molar-refractivity contribution in [2.45, 2.75) is 26.4 Å². The Bertz CT molecular complexity index is 575. The summed E-state index contributed by atoms with van der Waals surface area (Å²) >= 11 is 0. The monoisotopic (exact) mass is 271 g/mol. The Hall–Kier alpha value is -2.35. The van der Waals surface area contributed by atoms with Gasteiger partial charge in [-0.25, -0.2) is 0 Å². The number of piperazine rings is 1. The van der Waals surface area contributed by atoms with Gasteiger partial charge in [0.05, 0.1) is 11.6 Å². The zero-order valence-electron chi connectivity index (χ0n) is 11.7. The zero-order valence-corrected chi connectivity index (χ0v) is 11.7. The van der Waals surface area contributed by atoms with Crippen LogP contribution >= 0.6 is 0 Å². The molecule has 2 amide bonds. The number of amides is 2. The average molecular weight is 271 g/mol. The van der Waals surface area contributed by atoms with Crippen molar-refractivity contribution in [1.29, 1.82) is 5.26 Å². The molecule has 0 spiro atoms. The highest BCUT2D eigenvalue weighted by Gasteiger charge is 2.33. The third-order valence-electron chi connectivity index (χ3n) is 3.39.